The van der Waals surface area contributed by atoms with Gasteiger partial charge < -0.3 is 54.6 Å². The molecule has 0 aromatic carbocycles. The number of carboxylic acids is 1. The monoisotopic (exact) mass is 640 g/mol. The van der Waals surface area contributed by atoms with Gasteiger partial charge in [-0.3, -0.25) is 24.2 Å². The van der Waals surface area contributed by atoms with E-state index in [4.69, 9.17) is 28.7 Å². The molecule has 1 fully saturated rings. The summed E-state index contributed by atoms with van der Waals surface area (Å²) in [4.78, 5) is 70.4. The zero-order valence-electron chi connectivity index (χ0n) is 26.8. The molecule has 0 aliphatic carbocycles. The lowest BCUT2D eigenvalue weighted by molar-refractivity contribution is -0.142. The van der Waals surface area contributed by atoms with E-state index in [1.807, 2.05) is 13.8 Å². The molecule has 14 N–H and O–H groups in total. The fraction of sp³-hybridized carbons (Fsp3) is 0.793. The summed E-state index contributed by atoms with van der Waals surface area (Å²) in [6.07, 6.45) is 4.83. The lowest BCUT2D eigenvalue weighted by Crippen LogP contribution is -2.58. The first kappa shape index (κ1) is 39.5. The van der Waals surface area contributed by atoms with Gasteiger partial charge in [-0.25, -0.2) is 4.79 Å². The first-order valence-corrected chi connectivity index (χ1v) is 16.0. The summed E-state index contributed by atoms with van der Waals surface area (Å²) in [5.41, 5.74) is 27.9. The van der Waals surface area contributed by atoms with Gasteiger partial charge in [-0.2, -0.15) is 0 Å². The topological polar surface area (TPSA) is 287 Å². The van der Waals surface area contributed by atoms with Crippen molar-refractivity contribution in [3.05, 3.63) is 0 Å². The van der Waals surface area contributed by atoms with Gasteiger partial charge in [0.05, 0.1) is 6.04 Å². The Kier molecular flexibility index (Phi) is 18.7. The maximum absolute atomic E-state index is 13.5. The van der Waals surface area contributed by atoms with Crippen molar-refractivity contribution in [3.63, 3.8) is 0 Å². The third-order valence-electron chi connectivity index (χ3n) is 7.60. The number of aliphatic imine (C=N–C) groups is 1. The van der Waals surface area contributed by atoms with E-state index < -0.39 is 53.9 Å². The number of carbonyl (C=O) groups is 5. The predicted octanol–water partition coefficient (Wildman–Crippen LogP) is -1.80. The minimum Gasteiger partial charge on any atom is -0.480 e. The summed E-state index contributed by atoms with van der Waals surface area (Å²) in [6.45, 7) is 5.24. The lowest BCUT2D eigenvalue weighted by Gasteiger charge is -2.29. The molecular formula is C29H56N10O6. The van der Waals surface area contributed by atoms with Gasteiger partial charge >= 0.3 is 5.97 Å². The van der Waals surface area contributed by atoms with Crippen LogP contribution in [0.5, 0.6) is 0 Å². The molecule has 4 amide bonds. The molecule has 258 valence electrons. The zero-order valence-corrected chi connectivity index (χ0v) is 26.8. The molecule has 45 heavy (non-hydrogen) atoms. The quantitative estimate of drug-likeness (QED) is 0.0361. The van der Waals surface area contributed by atoms with Crippen molar-refractivity contribution < 1.29 is 29.1 Å². The highest BCUT2D eigenvalue weighted by molar-refractivity contribution is 5.95. The number of rotatable bonds is 22. The number of nitrogens with one attached hydrogen (secondary N) is 3. The van der Waals surface area contributed by atoms with Gasteiger partial charge in [0.2, 0.25) is 23.6 Å². The molecule has 16 heteroatoms. The van der Waals surface area contributed by atoms with Gasteiger partial charge in [-0.05, 0) is 89.6 Å². The van der Waals surface area contributed by atoms with Crippen LogP contribution < -0.4 is 44.6 Å². The summed E-state index contributed by atoms with van der Waals surface area (Å²) in [5, 5.41) is 17.7. The Balaban J connectivity index is 3.01. The van der Waals surface area contributed by atoms with Crippen LogP contribution >= 0.6 is 0 Å². The molecule has 0 aromatic heterocycles. The number of carbonyl (C=O) groups excluding carboxylic acids is 4. The molecule has 16 nitrogen and oxygen atoms in total. The van der Waals surface area contributed by atoms with Crippen molar-refractivity contribution in [2.75, 3.05) is 26.2 Å². The summed E-state index contributed by atoms with van der Waals surface area (Å²) in [5.74, 6) is -3.28. The first-order valence-electron chi connectivity index (χ1n) is 16.0. The molecule has 1 rings (SSSR count). The molecule has 5 atom stereocenters. The number of nitrogens with two attached hydrogens (primary N) is 5. The van der Waals surface area contributed by atoms with E-state index in [2.05, 4.69) is 20.9 Å². The Hall–Kier alpha value is -3.50. The van der Waals surface area contributed by atoms with Gasteiger partial charge in [0.25, 0.3) is 0 Å². The highest BCUT2D eigenvalue weighted by Gasteiger charge is 2.38. The van der Waals surface area contributed by atoms with Crippen molar-refractivity contribution >= 4 is 35.6 Å². The van der Waals surface area contributed by atoms with Crippen LogP contribution in [0.25, 0.3) is 0 Å². The first-order chi connectivity index (χ1) is 21.3. The summed E-state index contributed by atoms with van der Waals surface area (Å²) < 4.78 is 0. The summed E-state index contributed by atoms with van der Waals surface area (Å²) in [7, 11) is 0. The van der Waals surface area contributed by atoms with Gasteiger partial charge in [0.15, 0.2) is 5.96 Å². The Morgan fingerprint density at radius 1 is 0.844 bits per heavy atom. The van der Waals surface area contributed by atoms with Crippen molar-refractivity contribution in [1.82, 2.24) is 20.9 Å². The number of unbranched alkanes of at least 4 members (excludes halogenated alkanes) is 2. The number of guanidine groups is 1. The minimum absolute atomic E-state index is 0.00594. The van der Waals surface area contributed by atoms with Crippen LogP contribution in [0.3, 0.4) is 0 Å². The van der Waals surface area contributed by atoms with E-state index in [0.717, 1.165) is 0 Å². The third kappa shape index (κ3) is 14.9. The van der Waals surface area contributed by atoms with Gasteiger partial charge in [-0.1, -0.05) is 13.8 Å². The van der Waals surface area contributed by atoms with Crippen LogP contribution in [-0.2, 0) is 24.0 Å². The Labute approximate surface area is 266 Å². The largest absolute Gasteiger partial charge is 0.480 e. The van der Waals surface area contributed by atoms with E-state index in [-0.39, 0.29) is 37.0 Å². The van der Waals surface area contributed by atoms with E-state index in [1.54, 1.807) is 0 Å². The Morgan fingerprint density at radius 2 is 1.42 bits per heavy atom. The normalized spacial score (nSPS) is 17.2. The molecule has 0 aromatic rings. The standard InChI is InChI=1S/C29H56N10O6/c1-18(2)17-22(25(41)37-21(28(44)45)11-4-6-14-31)38-24(40)20(10-3-5-13-30)36-26(42)23-12-8-16-39(23)27(43)19(32)9-7-15-35-29(33)34/h18-23H,3-17,30-32H2,1-2H3,(H,36,42)(H,37,41)(H,38,40)(H,44,45)(H4,33,34,35)/t19-,20-,21-,22-,23-/m0/s1. The molecule has 1 aliphatic rings. The van der Waals surface area contributed by atoms with Crippen LogP contribution in [0.15, 0.2) is 4.99 Å². The van der Waals surface area contributed by atoms with Crippen LogP contribution in [-0.4, -0.2) is 102 Å². The molecule has 0 saturated carbocycles. The van der Waals surface area contributed by atoms with Crippen LogP contribution in [0.2, 0.25) is 0 Å². The second-order valence-electron chi connectivity index (χ2n) is 12.0. The van der Waals surface area contributed by atoms with E-state index in [1.165, 1.54) is 4.90 Å². The number of carboxylic acid groups (broad SMARTS) is 1. The molecule has 1 aliphatic heterocycles. The van der Waals surface area contributed by atoms with Crippen LogP contribution in [0, 0.1) is 5.92 Å². The second-order valence-corrected chi connectivity index (χ2v) is 12.0. The minimum atomic E-state index is -1.17. The average Bonchev–Trinajstić information content (AvgIpc) is 3.47. The van der Waals surface area contributed by atoms with E-state index in [0.29, 0.717) is 77.5 Å². The maximum Gasteiger partial charge on any atom is 0.326 e. The predicted molar refractivity (Wildman–Crippen MR) is 171 cm³/mol. The zero-order chi connectivity index (χ0) is 33.9. The van der Waals surface area contributed by atoms with Crippen molar-refractivity contribution in [3.8, 4) is 0 Å². The molecular weight excluding hydrogens is 584 g/mol. The molecule has 0 radical (unpaired) electrons. The Bertz CT molecular complexity index is 991. The average molecular weight is 641 g/mol. The smallest absolute Gasteiger partial charge is 0.326 e. The fourth-order valence-electron chi connectivity index (χ4n) is 5.19. The highest BCUT2D eigenvalue weighted by Crippen LogP contribution is 2.20. The number of hydrogen-bond acceptors (Lipinski definition) is 9. The molecule has 0 unspecified atom stereocenters. The van der Waals surface area contributed by atoms with Gasteiger partial charge in [-0.15, -0.1) is 0 Å². The van der Waals surface area contributed by atoms with Crippen molar-refractivity contribution in [2.45, 2.75) is 115 Å². The number of hydrogen-bond donors (Lipinski definition) is 9. The lowest BCUT2D eigenvalue weighted by atomic mass is 10.0. The summed E-state index contributed by atoms with van der Waals surface area (Å²) >= 11 is 0. The van der Waals surface area contributed by atoms with E-state index >= 15 is 0 Å². The third-order valence-corrected chi connectivity index (χ3v) is 7.60. The number of likely N-dealkylation sites (tertiary alicyclic amines) is 1. The molecule has 0 bridgehead atoms. The molecule has 0 spiro atoms. The Morgan fingerprint density at radius 3 is 1.98 bits per heavy atom. The van der Waals surface area contributed by atoms with E-state index in [9.17, 15) is 29.1 Å². The molecule has 1 saturated heterocycles. The van der Waals surface area contributed by atoms with Crippen LogP contribution in [0.4, 0.5) is 0 Å². The van der Waals surface area contributed by atoms with Gasteiger partial charge in [0, 0.05) is 13.1 Å². The van der Waals surface area contributed by atoms with Gasteiger partial charge in [0.1, 0.15) is 24.2 Å². The van der Waals surface area contributed by atoms with Crippen LogP contribution in [0.1, 0.15) is 84.5 Å². The van der Waals surface area contributed by atoms with Crippen molar-refractivity contribution in [2.24, 2.45) is 39.6 Å². The number of aliphatic carboxylic acids is 1. The van der Waals surface area contributed by atoms with Crippen molar-refractivity contribution in [1.29, 1.82) is 0 Å². The fourth-order valence-corrected chi connectivity index (χ4v) is 5.19. The highest BCUT2D eigenvalue weighted by atomic mass is 16.4. The number of amides is 4. The maximum atomic E-state index is 13.5. The SMILES string of the molecule is CC(C)C[C@H](NC(=O)[C@H](CCCCN)NC(=O)[C@@H]1CCCN1C(=O)[C@@H](N)CCCN=C(N)N)C(=O)N[C@@H](CCCCN)C(=O)O. The summed E-state index contributed by atoms with van der Waals surface area (Å²) in [6, 6.07) is -4.79. The molecule has 1 heterocycles. The second kappa shape index (κ2) is 21.3. The number of nitrogens with zero attached hydrogens (tertiary/aromatic N) is 2.